The SMILES string of the molecule is Nn1c(SCC(=O)N2CCCc3ccccc32)nnc1-c1cccnc1. The van der Waals surface area contributed by atoms with Crippen LogP contribution in [0, 0.1) is 0 Å². The number of hydrogen-bond donors (Lipinski definition) is 1. The summed E-state index contributed by atoms with van der Waals surface area (Å²) in [6.07, 6.45) is 5.35. The molecule has 0 spiro atoms. The fraction of sp³-hybridized carbons (Fsp3) is 0.222. The standard InChI is InChI=1S/C18H18N6OS/c19-24-17(14-6-3-9-20-11-14)21-22-18(24)26-12-16(25)23-10-4-7-13-5-1-2-8-15(13)23/h1-3,5-6,8-9,11H,4,7,10,12,19H2. The second-order valence-corrected chi connectivity index (χ2v) is 6.93. The summed E-state index contributed by atoms with van der Waals surface area (Å²) in [6.45, 7) is 0.743. The maximum atomic E-state index is 12.7. The molecule has 7 nitrogen and oxygen atoms in total. The van der Waals surface area contributed by atoms with Crippen LogP contribution in [0.1, 0.15) is 12.0 Å². The van der Waals surface area contributed by atoms with Gasteiger partial charge in [-0.15, -0.1) is 10.2 Å². The van der Waals surface area contributed by atoms with Gasteiger partial charge in [-0.1, -0.05) is 30.0 Å². The van der Waals surface area contributed by atoms with Gasteiger partial charge in [-0.05, 0) is 36.6 Å². The number of nitrogens with two attached hydrogens (primary N) is 1. The zero-order valence-electron chi connectivity index (χ0n) is 14.1. The zero-order chi connectivity index (χ0) is 17.9. The highest BCUT2D eigenvalue weighted by molar-refractivity contribution is 7.99. The highest BCUT2D eigenvalue weighted by Crippen LogP contribution is 2.28. The third-order valence-corrected chi connectivity index (χ3v) is 5.25. The van der Waals surface area contributed by atoms with Crippen LogP contribution in [0.15, 0.2) is 53.9 Å². The molecule has 4 rings (SSSR count). The number of amides is 1. The Balaban J connectivity index is 1.47. The van der Waals surface area contributed by atoms with Crippen LogP contribution in [0.5, 0.6) is 0 Å². The monoisotopic (exact) mass is 366 g/mol. The Hall–Kier alpha value is -2.87. The van der Waals surface area contributed by atoms with Crippen molar-refractivity contribution < 1.29 is 4.79 Å². The van der Waals surface area contributed by atoms with Gasteiger partial charge in [-0.25, -0.2) is 4.68 Å². The molecule has 0 radical (unpaired) electrons. The average molecular weight is 366 g/mol. The second kappa shape index (κ2) is 7.17. The molecule has 0 saturated heterocycles. The third kappa shape index (κ3) is 3.15. The molecular formula is C18H18N6OS. The number of benzene rings is 1. The van der Waals surface area contributed by atoms with Gasteiger partial charge in [0, 0.05) is 30.2 Å². The van der Waals surface area contributed by atoms with Crippen LogP contribution in [-0.2, 0) is 11.2 Å². The van der Waals surface area contributed by atoms with E-state index in [1.54, 1.807) is 12.4 Å². The zero-order valence-corrected chi connectivity index (χ0v) is 14.9. The maximum absolute atomic E-state index is 12.7. The van der Waals surface area contributed by atoms with Gasteiger partial charge in [-0.2, -0.15) is 0 Å². The van der Waals surface area contributed by atoms with Gasteiger partial charge in [0.25, 0.3) is 0 Å². The van der Waals surface area contributed by atoms with Gasteiger partial charge in [0.05, 0.1) is 5.75 Å². The number of aryl methyl sites for hydroxylation is 1. The normalized spacial score (nSPS) is 13.5. The lowest BCUT2D eigenvalue weighted by atomic mass is 10.0. The summed E-state index contributed by atoms with van der Waals surface area (Å²) in [5, 5.41) is 8.72. The molecule has 1 aliphatic heterocycles. The second-order valence-electron chi connectivity index (χ2n) is 5.98. The minimum Gasteiger partial charge on any atom is -0.335 e. The molecule has 0 unspecified atom stereocenters. The van der Waals surface area contributed by atoms with Crippen molar-refractivity contribution in [2.75, 3.05) is 23.0 Å². The molecule has 3 aromatic rings. The van der Waals surface area contributed by atoms with Crippen LogP contribution < -0.4 is 10.7 Å². The van der Waals surface area contributed by atoms with Gasteiger partial charge in [0.2, 0.25) is 11.1 Å². The number of nitrogen functional groups attached to an aromatic ring is 1. The molecule has 26 heavy (non-hydrogen) atoms. The Morgan fingerprint density at radius 1 is 1.19 bits per heavy atom. The van der Waals surface area contributed by atoms with Crippen molar-refractivity contribution in [1.29, 1.82) is 0 Å². The number of carbonyl (C=O) groups excluding carboxylic acids is 1. The number of hydrogen-bond acceptors (Lipinski definition) is 6. The van der Waals surface area contributed by atoms with E-state index in [2.05, 4.69) is 21.2 Å². The van der Waals surface area contributed by atoms with E-state index in [0.29, 0.717) is 11.0 Å². The quantitative estimate of drug-likeness (QED) is 0.562. The van der Waals surface area contributed by atoms with Crippen molar-refractivity contribution in [2.45, 2.75) is 18.0 Å². The molecule has 2 N–H and O–H groups in total. The number of fused-ring (bicyclic) bond motifs is 1. The number of rotatable bonds is 4. The van der Waals surface area contributed by atoms with Gasteiger partial charge >= 0.3 is 0 Å². The van der Waals surface area contributed by atoms with Crippen LogP contribution in [0.3, 0.4) is 0 Å². The largest absolute Gasteiger partial charge is 0.335 e. The average Bonchev–Trinajstić information content (AvgIpc) is 3.07. The Morgan fingerprint density at radius 2 is 2.08 bits per heavy atom. The first-order valence-electron chi connectivity index (χ1n) is 8.36. The van der Waals surface area contributed by atoms with Crippen LogP contribution in [-0.4, -0.2) is 38.1 Å². The topological polar surface area (TPSA) is 89.9 Å². The summed E-state index contributed by atoms with van der Waals surface area (Å²) in [6, 6.07) is 11.7. The van der Waals surface area contributed by atoms with E-state index in [0.717, 1.165) is 30.6 Å². The van der Waals surface area contributed by atoms with Crippen molar-refractivity contribution in [3.8, 4) is 11.4 Å². The Labute approximate surface area is 155 Å². The van der Waals surface area contributed by atoms with Gasteiger partial charge in [0.1, 0.15) is 0 Å². The minimum atomic E-state index is 0.0491. The van der Waals surface area contributed by atoms with E-state index in [1.165, 1.54) is 22.0 Å². The highest BCUT2D eigenvalue weighted by Gasteiger charge is 2.23. The number of thioether (sulfide) groups is 1. The maximum Gasteiger partial charge on any atom is 0.237 e. The van der Waals surface area contributed by atoms with E-state index in [1.807, 2.05) is 35.2 Å². The van der Waals surface area contributed by atoms with Gasteiger partial charge in [0.15, 0.2) is 5.82 Å². The summed E-state index contributed by atoms with van der Waals surface area (Å²) in [7, 11) is 0. The van der Waals surface area contributed by atoms with Crippen LogP contribution >= 0.6 is 11.8 Å². The number of para-hydroxylation sites is 1. The minimum absolute atomic E-state index is 0.0491. The first kappa shape index (κ1) is 16.6. The van der Waals surface area contributed by atoms with Gasteiger partial charge in [-0.3, -0.25) is 9.78 Å². The van der Waals surface area contributed by atoms with E-state index >= 15 is 0 Å². The highest BCUT2D eigenvalue weighted by atomic mass is 32.2. The molecule has 1 amide bonds. The number of carbonyl (C=O) groups is 1. The summed E-state index contributed by atoms with van der Waals surface area (Å²) < 4.78 is 1.40. The molecule has 1 aliphatic rings. The molecule has 0 bridgehead atoms. The first-order valence-corrected chi connectivity index (χ1v) is 9.34. The molecule has 0 atom stereocenters. The number of nitrogens with zero attached hydrogens (tertiary/aromatic N) is 5. The van der Waals surface area contributed by atoms with Crippen molar-refractivity contribution in [1.82, 2.24) is 19.9 Å². The van der Waals surface area contributed by atoms with E-state index in [9.17, 15) is 4.79 Å². The number of aromatic nitrogens is 4. The number of pyridine rings is 1. The Morgan fingerprint density at radius 3 is 2.92 bits per heavy atom. The van der Waals surface area contributed by atoms with E-state index in [4.69, 9.17) is 5.84 Å². The molecular weight excluding hydrogens is 348 g/mol. The molecule has 3 heterocycles. The predicted octanol–water partition coefficient (Wildman–Crippen LogP) is 2.13. The third-order valence-electron chi connectivity index (χ3n) is 4.32. The molecule has 0 fully saturated rings. The lowest BCUT2D eigenvalue weighted by molar-refractivity contribution is -0.116. The van der Waals surface area contributed by atoms with Crippen LogP contribution in [0.2, 0.25) is 0 Å². The van der Waals surface area contributed by atoms with Crippen LogP contribution in [0.25, 0.3) is 11.4 Å². The summed E-state index contributed by atoms with van der Waals surface area (Å²) in [5.74, 6) is 6.93. The summed E-state index contributed by atoms with van der Waals surface area (Å²) >= 11 is 1.29. The fourth-order valence-corrected chi connectivity index (χ4v) is 3.80. The Kier molecular flexibility index (Phi) is 4.57. The molecule has 0 saturated carbocycles. The number of anilines is 1. The van der Waals surface area contributed by atoms with E-state index in [-0.39, 0.29) is 11.7 Å². The van der Waals surface area contributed by atoms with Crippen molar-refractivity contribution in [2.24, 2.45) is 0 Å². The lowest BCUT2D eigenvalue weighted by Gasteiger charge is -2.29. The molecule has 132 valence electrons. The smallest absolute Gasteiger partial charge is 0.237 e. The fourth-order valence-electron chi connectivity index (χ4n) is 3.06. The predicted molar refractivity (Wildman–Crippen MR) is 101 cm³/mol. The molecule has 0 aliphatic carbocycles. The summed E-state index contributed by atoms with van der Waals surface area (Å²) in [5.41, 5.74) is 3.01. The summed E-state index contributed by atoms with van der Waals surface area (Å²) in [4.78, 5) is 18.6. The first-order chi connectivity index (χ1) is 12.7. The lowest BCUT2D eigenvalue weighted by Crippen LogP contribution is -2.36. The molecule has 1 aromatic carbocycles. The van der Waals surface area contributed by atoms with E-state index < -0.39 is 0 Å². The van der Waals surface area contributed by atoms with Crippen LogP contribution in [0.4, 0.5) is 5.69 Å². The van der Waals surface area contributed by atoms with Crippen molar-refractivity contribution in [3.05, 3.63) is 54.4 Å². The Bertz CT molecular complexity index is 926. The van der Waals surface area contributed by atoms with Gasteiger partial charge < -0.3 is 10.7 Å². The van der Waals surface area contributed by atoms with Crippen molar-refractivity contribution >= 4 is 23.4 Å². The van der Waals surface area contributed by atoms with Crippen molar-refractivity contribution in [3.63, 3.8) is 0 Å². The molecule has 8 heteroatoms. The molecule has 2 aromatic heterocycles.